The minimum absolute atomic E-state index is 0.260. The Morgan fingerprint density at radius 1 is 0.333 bits per heavy atom. The molecule has 0 saturated heterocycles. The van der Waals surface area contributed by atoms with Crippen LogP contribution in [0.15, 0.2) is 205 Å². The molecular formula is C80H70N2O2. The monoisotopic (exact) mass is 1090 g/mol. The lowest BCUT2D eigenvalue weighted by Crippen LogP contribution is -2.16. The normalized spacial score (nSPS) is 14.1. The van der Waals surface area contributed by atoms with Gasteiger partial charge in [-0.15, -0.1) is 0 Å². The van der Waals surface area contributed by atoms with Gasteiger partial charge < -0.3 is 19.3 Å². The molecule has 0 amide bonds. The highest BCUT2D eigenvalue weighted by Crippen LogP contribution is 2.56. The molecule has 0 bridgehead atoms. The molecule has 1 N–H and O–H groups in total. The molecule has 0 atom stereocenters. The molecule has 4 heteroatoms. The van der Waals surface area contributed by atoms with Crippen LogP contribution >= 0.6 is 0 Å². The number of hydrogen-bond donors (Lipinski definition) is 1. The van der Waals surface area contributed by atoms with Gasteiger partial charge in [0.1, 0.15) is 11.3 Å². The van der Waals surface area contributed by atoms with Gasteiger partial charge in [-0.3, -0.25) is 0 Å². The van der Waals surface area contributed by atoms with Crippen molar-refractivity contribution < 1.29 is 9.52 Å². The van der Waals surface area contributed by atoms with Crippen LogP contribution in [0.1, 0.15) is 108 Å². The van der Waals surface area contributed by atoms with E-state index >= 15 is 0 Å². The number of phenolic OH excluding ortho intramolecular Hbond substituents is 1. The maximum atomic E-state index is 13.2. The standard InChI is InChI=1S/C80H70N2O2/c1-48-21-7-13-33-58(48)56-31-17-32-57(45-56)60-35-19-39-70(78(60)83)81(76-50(3)23-15-24-51(76)4)72-46-68(54-27-9-10-28-54)61-42-44-67-73(47-69(55-29-11-12-30-55)62-41-43-66(72)74(61)75(62)67)82(77-52(5)25-16-26-53(77)6)71-40-20-38-65-64-37-18-36-63(79(64)84-80(65)71)59-34-14-8-22-49(59)2/h7-8,13-26,31-47,54-55,83H,9-12,27-30H2,1-6H3. The number of rotatable bonds is 11. The predicted molar refractivity (Wildman–Crippen MR) is 356 cm³/mol. The van der Waals surface area contributed by atoms with E-state index in [9.17, 15) is 5.11 Å². The lowest BCUT2D eigenvalue weighted by molar-refractivity contribution is 0.478. The first kappa shape index (κ1) is 51.7. The number of phenols is 1. The van der Waals surface area contributed by atoms with Crippen LogP contribution in [0.25, 0.3) is 87.6 Å². The molecule has 0 aliphatic heterocycles. The van der Waals surface area contributed by atoms with Crippen molar-refractivity contribution in [3.05, 3.63) is 245 Å². The second kappa shape index (κ2) is 20.6. The van der Waals surface area contributed by atoms with E-state index in [1.54, 1.807) is 0 Å². The SMILES string of the molecule is Cc1ccccc1-c1cccc(-c2cccc(N(c3c(C)cccc3C)c3cc(C4CCCC4)c4ccc5c(N(c6c(C)cccc6C)c6cccc7c6oc6c(-c8ccccc8C)cccc67)cc(C6CCCC6)c6ccc3c4c65)c2O)c1. The summed E-state index contributed by atoms with van der Waals surface area (Å²) >= 11 is 0. The van der Waals surface area contributed by atoms with Crippen LogP contribution in [-0.4, -0.2) is 5.11 Å². The molecule has 0 radical (unpaired) electrons. The molecule has 1 heterocycles. The third-order valence-electron chi connectivity index (χ3n) is 19.4. The van der Waals surface area contributed by atoms with Crippen molar-refractivity contribution in [2.24, 2.45) is 0 Å². The first-order valence-corrected chi connectivity index (χ1v) is 30.6. The van der Waals surface area contributed by atoms with Crippen molar-refractivity contribution in [1.82, 2.24) is 0 Å². The molecule has 0 unspecified atom stereocenters. The Bertz CT molecular complexity index is 4700. The largest absolute Gasteiger partial charge is 0.505 e. The van der Waals surface area contributed by atoms with Gasteiger partial charge in [-0.25, -0.2) is 0 Å². The van der Waals surface area contributed by atoms with Gasteiger partial charge >= 0.3 is 0 Å². The van der Waals surface area contributed by atoms with Crippen molar-refractivity contribution in [3.8, 4) is 39.1 Å². The molecule has 0 spiro atoms. The van der Waals surface area contributed by atoms with E-state index in [2.05, 4.69) is 252 Å². The minimum atomic E-state index is 0.260. The molecule has 2 saturated carbocycles. The third-order valence-corrected chi connectivity index (χ3v) is 19.4. The van der Waals surface area contributed by atoms with Crippen molar-refractivity contribution in [1.29, 1.82) is 0 Å². The van der Waals surface area contributed by atoms with Crippen LogP contribution in [0.3, 0.4) is 0 Å². The first-order valence-electron chi connectivity index (χ1n) is 30.6. The van der Waals surface area contributed by atoms with E-state index in [1.807, 2.05) is 0 Å². The first-order chi connectivity index (χ1) is 41.1. The number of hydrogen-bond acceptors (Lipinski definition) is 4. The summed E-state index contributed by atoms with van der Waals surface area (Å²) in [5, 5.41) is 23.1. The molecule has 412 valence electrons. The summed E-state index contributed by atoms with van der Waals surface area (Å²) < 4.78 is 7.41. The summed E-state index contributed by atoms with van der Waals surface area (Å²) in [5.74, 6) is 1.07. The topological polar surface area (TPSA) is 39.9 Å². The zero-order chi connectivity index (χ0) is 56.9. The highest BCUT2D eigenvalue weighted by Gasteiger charge is 2.33. The van der Waals surface area contributed by atoms with Crippen molar-refractivity contribution >= 4 is 88.4 Å². The molecule has 2 aliphatic carbocycles. The second-order valence-electron chi connectivity index (χ2n) is 24.5. The zero-order valence-corrected chi connectivity index (χ0v) is 49.1. The van der Waals surface area contributed by atoms with Crippen LogP contribution in [0, 0.1) is 41.5 Å². The highest BCUT2D eigenvalue weighted by molar-refractivity contribution is 6.30. The van der Waals surface area contributed by atoms with Gasteiger partial charge in [-0.1, -0.05) is 196 Å². The van der Waals surface area contributed by atoms with E-state index in [4.69, 9.17) is 4.42 Å². The van der Waals surface area contributed by atoms with Gasteiger partial charge in [0.15, 0.2) is 5.58 Å². The fourth-order valence-electron chi connectivity index (χ4n) is 15.4. The fraction of sp³-hybridized carbons (Fsp3) is 0.200. The van der Waals surface area contributed by atoms with Crippen molar-refractivity contribution in [3.63, 3.8) is 0 Å². The van der Waals surface area contributed by atoms with Crippen LogP contribution in [0.2, 0.25) is 0 Å². The summed E-state index contributed by atoms with van der Waals surface area (Å²) in [5.41, 5.74) is 24.4. The van der Waals surface area contributed by atoms with E-state index in [0.717, 1.165) is 104 Å². The summed E-state index contributed by atoms with van der Waals surface area (Å²) in [6.45, 7) is 13.4. The Morgan fingerprint density at radius 3 is 1.30 bits per heavy atom. The van der Waals surface area contributed by atoms with Gasteiger partial charge in [0.25, 0.3) is 0 Å². The molecule has 2 fully saturated rings. The van der Waals surface area contributed by atoms with Gasteiger partial charge in [-0.05, 0) is 198 Å². The highest BCUT2D eigenvalue weighted by atomic mass is 16.3. The summed E-state index contributed by atoms with van der Waals surface area (Å²) in [6.07, 6.45) is 9.51. The lowest BCUT2D eigenvalue weighted by atomic mass is 9.82. The van der Waals surface area contributed by atoms with E-state index in [1.165, 1.54) is 114 Å². The molecule has 15 rings (SSSR count). The van der Waals surface area contributed by atoms with Crippen LogP contribution < -0.4 is 9.80 Å². The van der Waals surface area contributed by atoms with Crippen molar-refractivity contribution in [2.75, 3.05) is 9.80 Å². The average molecular weight is 1090 g/mol. The van der Waals surface area contributed by atoms with Crippen molar-refractivity contribution in [2.45, 2.75) is 105 Å². The number of fused-ring (bicyclic) bond motifs is 3. The van der Waals surface area contributed by atoms with Gasteiger partial charge in [0, 0.05) is 32.7 Å². The maximum Gasteiger partial charge on any atom is 0.159 e. The molecule has 84 heavy (non-hydrogen) atoms. The Hall–Kier alpha value is -9.12. The van der Waals surface area contributed by atoms with Gasteiger partial charge in [0.2, 0.25) is 0 Å². The van der Waals surface area contributed by atoms with Crippen LogP contribution in [-0.2, 0) is 0 Å². The molecular weight excluding hydrogens is 1020 g/mol. The smallest absolute Gasteiger partial charge is 0.159 e. The number of anilines is 6. The third kappa shape index (κ3) is 8.31. The second-order valence-corrected chi connectivity index (χ2v) is 24.5. The molecule has 13 aromatic rings. The van der Waals surface area contributed by atoms with Gasteiger partial charge in [-0.2, -0.15) is 0 Å². The van der Waals surface area contributed by atoms with E-state index in [-0.39, 0.29) is 5.75 Å². The van der Waals surface area contributed by atoms with Crippen LogP contribution in [0.5, 0.6) is 5.75 Å². The molecule has 12 aromatic carbocycles. The van der Waals surface area contributed by atoms with Crippen LogP contribution in [0.4, 0.5) is 34.1 Å². The zero-order valence-electron chi connectivity index (χ0n) is 49.1. The number of benzene rings is 12. The number of furan rings is 1. The number of aromatic hydroxyl groups is 1. The average Bonchev–Trinajstić information content (AvgIpc) is 2.57. The maximum absolute atomic E-state index is 13.2. The van der Waals surface area contributed by atoms with E-state index < -0.39 is 0 Å². The Morgan fingerprint density at radius 2 is 0.738 bits per heavy atom. The molecule has 2 aliphatic rings. The molecule has 4 nitrogen and oxygen atoms in total. The lowest BCUT2D eigenvalue weighted by Gasteiger charge is -2.34. The molecule has 1 aromatic heterocycles. The number of para-hydroxylation sites is 5. The fourth-order valence-corrected chi connectivity index (χ4v) is 15.4. The Labute approximate surface area is 493 Å². The summed E-state index contributed by atoms with van der Waals surface area (Å²) in [4.78, 5) is 5.00. The minimum Gasteiger partial charge on any atom is -0.505 e. The van der Waals surface area contributed by atoms with Gasteiger partial charge in [0.05, 0.1) is 34.1 Å². The quantitative estimate of drug-likeness (QED) is 0.131. The summed E-state index contributed by atoms with van der Waals surface area (Å²) in [6, 6.07) is 73.9. The Balaban J connectivity index is 1.03. The Kier molecular flexibility index (Phi) is 12.7. The number of nitrogens with zero attached hydrogens (tertiary/aromatic N) is 2. The van der Waals surface area contributed by atoms with E-state index in [0.29, 0.717) is 11.8 Å². The summed E-state index contributed by atoms with van der Waals surface area (Å²) in [7, 11) is 0. The number of aryl methyl sites for hydroxylation is 6. The predicted octanol–water partition coefficient (Wildman–Crippen LogP) is 23.3.